The van der Waals surface area contributed by atoms with Gasteiger partial charge >= 0.3 is 5.97 Å². The molecule has 0 amide bonds. The molecule has 1 heterocycles. The van der Waals surface area contributed by atoms with Crippen LogP contribution >= 0.6 is 0 Å². The molecule has 0 aliphatic heterocycles. The van der Waals surface area contributed by atoms with Gasteiger partial charge in [0.25, 0.3) is 0 Å². The van der Waals surface area contributed by atoms with Crippen molar-refractivity contribution in [3.63, 3.8) is 0 Å². The maximum atomic E-state index is 10.5. The summed E-state index contributed by atoms with van der Waals surface area (Å²) in [5.41, 5.74) is 7.58. The SMILES string of the molecule is NC(CNCc1c[nH]c2ccccc12)C(=O)O. The second-order valence-electron chi connectivity index (χ2n) is 3.94. The molecule has 0 aliphatic rings. The number of para-hydroxylation sites is 1. The molecular formula is C12H15N3O2. The molecular weight excluding hydrogens is 218 g/mol. The Morgan fingerprint density at radius 1 is 1.47 bits per heavy atom. The van der Waals surface area contributed by atoms with Crippen molar-refractivity contribution in [2.24, 2.45) is 5.73 Å². The number of rotatable bonds is 5. The fraction of sp³-hybridized carbons (Fsp3) is 0.250. The number of H-pyrrole nitrogens is 1. The Bertz CT molecular complexity index is 521. The third-order valence-electron chi connectivity index (χ3n) is 2.67. The number of aliphatic carboxylic acids is 1. The predicted molar refractivity (Wildman–Crippen MR) is 65.6 cm³/mol. The van der Waals surface area contributed by atoms with Crippen LogP contribution in [0.5, 0.6) is 0 Å². The Kier molecular flexibility index (Phi) is 3.41. The zero-order valence-electron chi connectivity index (χ0n) is 9.31. The van der Waals surface area contributed by atoms with Crippen LogP contribution in [-0.4, -0.2) is 28.6 Å². The van der Waals surface area contributed by atoms with Gasteiger partial charge in [-0.3, -0.25) is 4.79 Å². The van der Waals surface area contributed by atoms with Crippen LogP contribution in [0, 0.1) is 0 Å². The van der Waals surface area contributed by atoms with E-state index in [1.54, 1.807) is 0 Å². The molecule has 5 nitrogen and oxygen atoms in total. The third-order valence-corrected chi connectivity index (χ3v) is 2.67. The molecule has 2 aromatic rings. The van der Waals surface area contributed by atoms with E-state index < -0.39 is 12.0 Å². The Morgan fingerprint density at radius 2 is 2.24 bits per heavy atom. The average Bonchev–Trinajstić information content (AvgIpc) is 2.72. The molecule has 1 unspecified atom stereocenters. The van der Waals surface area contributed by atoms with Gasteiger partial charge in [-0.05, 0) is 11.6 Å². The summed E-state index contributed by atoms with van der Waals surface area (Å²) in [7, 11) is 0. The highest BCUT2D eigenvalue weighted by atomic mass is 16.4. The van der Waals surface area contributed by atoms with Crippen LogP contribution in [0.15, 0.2) is 30.5 Å². The standard InChI is InChI=1S/C12H15N3O2/c13-10(12(16)17)7-14-5-8-6-15-11-4-2-1-3-9(8)11/h1-4,6,10,14-15H,5,7,13H2,(H,16,17). The summed E-state index contributed by atoms with van der Waals surface area (Å²) in [6.07, 6.45) is 1.92. The van der Waals surface area contributed by atoms with Crippen molar-refractivity contribution >= 4 is 16.9 Å². The highest BCUT2D eigenvalue weighted by molar-refractivity contribution is 5.83. The number of aromatic amines is 1. The van der Waals surface area contributed by atoms with E-state index in [2.05, 4.69) is 10.3 Å². The third kappa shape index (κ3) is 2.64. The minimum Gasteiger partial charge on any atom is -0.480 e. The van der Waals surface area contributed by atoms with Crippen molar-refractivity contribution in [2.75, 3.05) is 6.54 Å². The van der Waals surface area contributed by atoms with Crippen LogP contribution < -0.4 is 11.1 Å². The molecule has 0 radical (unpaired) electrons. The number of carboxylic acid groups (broad SMARTS) is 1. The largest absolute Gasteiger partial charge is 0.480 e. The smallest absolute Gasteiger partial charge is 0.321 e. The lowest BCUT2D eigenvalue weighted by Gasteiger charge is -2.07. The molecule has 0 saturated heterocycles. The summed E-state index contributed by atoms with van der Waals surface area (Å²) in [5.74, 6) is -0.989. The molecule has 90 valence electrons. The van der Waals surface area contributed by atoms with Gasteiger partial charge < -0.3 is 21.1 Å². The lowest BCUT2D eigenvalue weighted by atomic mass is 10.2. The van der Waals surface area contributed by atoms with Crippen LogP contribution in [0.3, 0.4) is 0 Å². The average molecular weight is 233 g/mol. The van der Waals surface area contributed by atoms with Crippen molar-refractivity contribution in [3.8, 4) is 0 Å². The number of fused-ring (bicyclic) bond motifs is 1. The van der Waals surface area contributed by atoms with E-state index in [-0.39, 0.29) is 6.54 Å². The van der Waals surface area contributed by atoms with Gasteiger partial charge in [-0.25, -0.2) is 0 Å². The van der Waals surface area contributed by atoms with Crippen LogP contribution in [0.2, 0.25) is 0 Å². The maximum Gasteiger partial charge on any atom is 0.321 e. The van der Waals surface area contributed by atoms with Crippen molar-refractivity contribution in [2.45, 2.75) is 12.6 Å². The quantitative estimate of drug-likeness (QED) is 0.611. The number of aromatic nitrogens is 1. The number of benzene rings is 1. The fourth-order valence-electron chi connectivity index (χ4n) is 1.73. The molecule has 1 aromatic heterocycles. The Balaban J connectivity index is 1.98. The first-order chi connectivity index (χ1) is 8.18. The topological polar surface area (TPSA) is 91.1 Å². The number of nitrogens with one attached hydrogen (secondary N) is 2. The van der Waals surface area contributed by atoms with Crippen LogP contribution in [0.25, 0.3) is 10.9 Å². The van der Waals surface area contributed by atoms with Gasteiger partial charge in [0.2, 0.25) is 0 Å². The number of carbonyl (C=O) groups is 1. The van der Waals surface area contributed by atoms with Crippen LogP contribution in [0.1, 0.15) is 5.56 Å². The number of hydrogen-bond donors (Lipinski definition) is 4. The Labute approximate surface area is 98.6 Å². The summed E-state index contributed by atoms with van der Waals surface area (Å²) in [6, 6.07) is 7.11. The van der Waals surface area contributed by atoms with Crippen molar-refractivity contribution < 1.29 is 9.90 Å². The summed E-state index contributed by atoms with van der Waals surface area (Å²) < 4.78 is 0. The van der Waals surface area contributed by atoms with Crippen LogP contribution in [0.4, 0.5) is 0 Å². The number of hydrogen-bond acceptors (Lipinski definition) is 3. The summed E-state index contributed by atoms with van der Waals surface area (Å²) >= 11 is 0. The first-order valence-electron chi connectivity index (χ1n) is 5.42. The Hall–Kier alpha value is -1.85. The van der Waals surface area contributed by atoms with Crippen molar-refractivity contribution in [1.29, 1.82) is 0 Å². The molecule has 0 spiro atoms. The zero-order chi connectivity index (χ0) is 12.3. The lowest BCUT2D eigenvalue weighted by Crippen LogP contribution is -2.39. The van der Waals surface area contributed by atoms with E-state index in [4.69, 9.17) is 10.8 Å². The zero-order valence-corrected chi connectivity index (χ0v) is 9.31. The first kappa shape index (κ1) is 11.6. The molecule has 0 aliphatic carbocycles. The van der Waals surface area contributed by atoms with Crippen molar-refractivity contribution in [1.82, 2.24) is 10.3 Å². The van der Waals surface area contributed by atoms with Gasteiger partial charge in [0.1, 0.15) is 6.04 Å². The number of carboxylic acids is 1. The summed E-state index contributed by atoms with van der Waals surface area (Å²) in [5, 5.41) is 12.8. The highest BCUT2D eigenvalue weighted by Gasteiger charge is 2.10. The molecule has 5 heteroatoms. The molecule has 1 atom stereocenters. The minimum absolute atomic E-state index is 0.259. The summed E-state index contributed by atoms with van der Waals surface area (Å²) in [6.45, 7) is 0.861. The highest BCUT2D eigenvalue weighted by Crippen LogP contribution is 2.16. The van der Waals surface area contributed by atoms with Gasteiger partial charge in [-0.2, -0.15) is 0 Å². The molecule has 0 saturated carbocycles. The maximum absolute atomic E-state index is 10.5. The molecule has 0 fully saturated rings. The van der Waals surface area contributed by atoms with E-state index in [0.717, 1.165) is 16.5 Å². The normalized spacial score (nSPS) is 12.8. The van der Waals surface area contributed by atoms with E-state index in [9.17, 15) is 4.79 Å². The Morgan fingerprint density at radius 3 is 3.00 bits per heavy atom. The van der Waals surface area contributed by atoms with Gasteiger partial charge in [-0.15, -0.1) is 0 Å². The van der Waals surface area contributed by atoms with Gasteiger partial charge in [-0.1, -0.05) is 18.2 Å². The van der Waals surface area contributed by atoms with E-state index in [1.807, 2.05) is 30.5 Å². The van der Waals surface area contributed by atoms with E-state index in [1.165, 1.54) is 0 Å². The second kappa shape index (κ2) is 4.99. The molecule has 2 rings (SSSR count). The summed E-state index contributed by atoms with van der Waals surface area (Å²) in [4.78, 5) is 13.7. The minimum atomic E-state index is -0.989. The monoisotopic (exact) mass is 233 g/mol. The van der Waals surface area contributed by atoms with E-state index >= 15 is 0 Å². The first-order valence-corrected chi connectivity index (χ1v) is 5.42. The second-order valence-corrected chi connectivity index (χ2v) is 3.94. The van der Waals surface area contributed by atoms with Gasteiger partial charge in [0.05, 0.1) is 0 Å². The van der Waals surface area contributed by atoms with E-state index in [0.29, 0.717) is 6.54 Å². The molecule has 1 aromatic carbocycles. The molecule has 0 bridgehead atoms. The fourth-order valence-corrected chi connectivity index (χ4v) is 1.73. The molecule has 5 N–H and O–H groups in total. The van der Waals surface area contributed by atoms with Crippen molar-refractivity contribution in [3.05, 3.63) is 36.0 Å². The van der Waals surface area contributed by atoms with Gasteiger partial charge in [0.15, 0.2) is 0 Å². The van der Waals surface area contributed by atoms with Gasteiger partial charge in [0, 0.05) is 30.2 Å². The lowest BCUT2D eigenvalue weighted by molar-refractivity contribution is -0.138. The van der Waals surface area contributed by atoms with Crippen LogP contribution in [-0.2, 0) is 11.3 Å². The molecule has 17 heavy (non-hydrogen) atoms. The number of nitrogens with two attached hydrogens (primary N) is 1. The predicted octanol–water partition coefficient (Wildman–Crippen LogP) is 0.669.